The number of carbonyl (C=O) groups is 1. The van der Waals surface area contributed by atoms with Crippen LogP contribution in [0.4, 0.5) is 5.69 Å². The van der Waals surface area contributed by atoms with Gasteiger partial charge in [-0.15, -0.1) is 0 Å². The monoisotopic (exact) mass is 272 g/mol. The number of nitrogens with zero attached hydrogens (tertiary/aromatic N) is 1. The Morgan fingerprint density at radius 3 is 2.78 bits per heavy atom. The van der Waals surface area contributed by atoms with E-state index < -0.39 is 11.0 Å². The molecule has 7 heteroatoms. The van der Waals surface area contributed by atoms with Gasteiger partial charge in [0.2, 0.25) is 0 Å². The van der Waals surface area contributed by atoms with E-state index in [2.05, 4.69) is 5.32 Å². The molecule has 1 atom stereocenters. The van der Waals surface area contributed by atoms with Crippen LogP contribution >= 0.6 is 11.6 Å². The number of benzene rings is 1. The summed E-state index contributed by atoms with van der Waals surface area (Å²) in [6.45, 7) is 1.94. The molecule has 0 saturated heterocycles. The Bertz CT molecular complexity index is 462. The largest absolute Gasteiger partial charge is 0.393 e. The van der Waals surface area contributed by atoms with Gasteiger partial charge in [-0.05, 0) is 25.5 Å². The highest BCUT2D eigenvalue weighted by molar-refractivity contribution is 6.33. The van der Waals surface area contributed by atoms with Gasteiger partial charge in [-0.25, -0.2) is 0 Å². The number of carbonyl (C=O) groups excluding carboxylic acids is 1. The van der Waals surface area contributed by atoms with Crippen molar-refractivity contribution in [3.05, 3.63) is 38.9 Å². The summed E-state index contributed by atoms with van der Waals surface area (Å²) in [6, 6.07) is 3.77. The molecule has 2 N–H and O–H groups in total. The Hall–Kier alpha value is -1.66. The minimum absolute atomic E-state index is 0.0804. The Balaban J connectivity index is 2.70. The molecule has 0 aliphatic rings. The van der Waals surface area contributed by atoms with Gasteiger partial charge in [-0.3, -0.25) is 14.9 Å². The fourth-order valence-electron chi connectivity index (χ4n) is 1.29. The van der Waals surface area contributed by atoms with Gasteiger partial charge >= 0.3 is 0 Å². The van der Waals surface area contributed by atoms with Crippen LogP contribution in [0.15, 0.2) is 18.2 Å². The molecular formula is C11H13ClN2O4. The predicted molar refractivity (Wildman–Crippen MR) is 66.7 cm³/mol. The van der Waals surface area contributed by atoms with Crippen LogP contribution < -0.4 is 5.32 Å². The summed E-state index contributed by atoms with van der Waals surface area (Å²) in [5.41, 5.74) is 0.00777. The van der Waals surface area contributed by atoms with E-state index in [1.807, 2.05) is 0 Å². The van der Waals surface area contributed by atoms with E-state index in [9.17, 15) is 14.9 Å². The summed E-state index contributed by atoms with van der Waals surface area (Å²) in [4.78, 5) is 21.6. The van der Waals surface area contributed by atoms with E-state index >= 15 is 0 Å². The molecule has 0 aliphatic carbocycles. The molecular weight excluding hydrogens is 260 g/mol. The molecule has 0 saturated carbocycles. The van der Waals surface area contributed by atoms with Crippen molar-refractivity contribution in [3.63, 3.8) is 0 Å². The molecule has 0 aliphatic heterocycles. The van der Waals surface area contributed by atoms with Gasteiger partial charge in [0.15, 0.2) is 0 Å². The average molecular weight is 273 g/mol. The Morgan fingerprint density at radius 1 is 1.61 bits per heavy atom. The van der Waals surface area contributed by atoms with Crippen LogP contribution in [0.2, 0.25) is 5.02 Å². The standard InChI is InChI=1S/C11H13ClN2O4/c1-7(15)4-5-13-11(16)8-2-3-10(14(17)18)9(12)6-8/h2-3,6-7,15H,4-5H2,1H3,(H,13,16). The molecule has 1 aromatic carbocycles. The lowest BCUT2D eigenvalue weighted by molar-refractivity contribution is -0.384. The van der Waals surface area contributed by atoms with Crippen LogP contribution in [0.3, 0.4) is 0 Å². The van der Waals surface area contributed by atoms with Crippen molar-refractivity contribution in [1.82, 2.24) is 5.32 Å². The highest BCUT2D eigenvalue weighted by Crippen LogP contribution is 2.24. The minimum Gasteiger partial charge on any atom is -0.393 e. The highest BCUT2D eigenvalue weighted by atomic mass is 35.5. The highest BCUT2D eigenvalue weighted by Gasteiger charge is 2.15. The van der Waals surface area contributed by atoms with Crippen molar-refractivity contribution in [2.75, 3.05) is 6.54 Å². The average Bonchev–Trinajstić information content (AvgIpc) is 2.27. The second-order valence-electron chi connectivity index (χ2n) is 3.82. The van der Waals surface area contributed by atoms with Crippen molar-refractivity contribution in [2.45, 2.75) is 19.4 Å². The van der Waals surface area contributed by atoms with Crippen LogP contribution in [-0.4, -0.2) is 28.6 Å². The molecule has 0 aromatic heterocycles. The number of aliphatic hydroxyl groups excluding tert-OH is 1. The molecule has 98 valence electrons. The van der Waals surface area contributed by atoms with E-state index in [4.69, 9.17) is 16.7 Å². The molecule has 0 heterocycles. The summed E-state index contributed by atoms with van der Waals surface area (Å²) < 4.78 is 0. The van der Waals surface area contributed by atoms with E-state index in [0.717, 1.165) is 0 Å². The Morgan fingerprint density at radius 2 is 2.28 bits per heavy atom. The third-order valence-corrected chi connectivity index (χ3v) is 2.56. The lowest BCUT2D eigenvalue weighted by Gasteiger charge is -2.07. The summed E-state index contributed by atoms with van der Waals surface area (Å²) >= 11 is 5.69. The van der Waals surface area contributed by atoms with Crippen molar-refractivity contribution in [1.29, 1.82) is 0 Å². The molecule has 1 amide bonds. The van der Waals surface area contributed by atoms with Gasteiger partial charge in [0.05, 0.1) is 11.0 Å². The van der Waals surface area contributed by atoms with Crippen LogP contribution in [0.1, 0.15) is 23.7 Å². The second kappa shape index (κ2) is 6.32. The zero-order valence-corrected chi connectivity index (χ0v) is 10.5. The quantitative estimate of drug-likeness (QED) is 0.631. The van der Waals surface area contributed by atoms with Gasteiger partial charge < -0.3 is 10.4 Å². The maximum atomic E-state index is 11.6. The number of nitrogens with one attached hydrogen (secondary N) is 1. The number of rotatable bonds is 5. The SMILES string of the molecule is CC(O)CCNC(=O)c1ccc([N+](=O)[O-])c(Cl)c1. The third kappa shape index (κ3) is 3.97. The maximum Gasteiger partial charge on any atom is 0.287 e. The van der Waals surface area contributed by atoms with Gasteiger partial charge in [-0.1, -0.05) is 11.6 Å². The van der Waals surface area contributed by atoms with E-state index in [1.54, 1.807) is 6.92 Å². The number of nitro groups is 1. The van der Waals surface area contributed by atoms with E-state index in [1.165, 1.54) is 18.2 Å². The number of aliphatic hydroxyl groups is 1. The van der Waals surface area contributed by atoms with Crippen LogP contribution in [0, 0.1) is 10.1 Å². The fraction of sp³-hybridized carbons (Fsp3) is 0.364. The second-order valence-corrected chi connectivity index (χ2v) is 4.22. The molecule has 0 spiro atoms. The van der Waals surface area contributed by atoms with Crippen LogP contribution in [0.25, 0.3) is 0 Å². The molecule has 0 bridgehead atoms. The smallest absolute Gasteiger partial charge is 0.287 e. The summed E-state index contributed by atoms with van der Waals surface area (Å²) in [6.07, 6.45) is -0.0577. The normalized spacial score (nSPS) is 11.9. The van der Waals surface area contributed by atoms with E-state index in [0.29, 0.717) is 13.0 Å². The van der Waals surface area contributed by atoms with Gasteiger partial charge in [0.1, 0.15) is 5.02 Å². The van der Waals surface area contributed by atoms with Crippen LogP contribution in [-0.2, 0) is 0 Å². The predicted octanol–water partition coefficient (Wildman–Crippen LogP) is 1.75. The number of nitro benzene ring substituents is 1. The molecule has 0 fully saturated rings. The molecule has 6 nitrogen and oxygen atoms in total. The lowest BCUT2D eigenvalue weighted by atomic mass is 10.2. The Kier molecular flexibility index (Phi) is 5.06. The molecule has 1 rings (SSSR count). The van der Waals surface area contributed by atoms with Crippen molar-refractivity contribution >= 4 is 23.2 Å². The summed E-state index contributed by atoms with van der Waals surface area (Å²) in [5.74, 6) is -0.382. The van der Waals surface area contributed by atoms with Crippen molar-refractivity contribution in [2.24, 2.45) is 0 Å². The Labute approximate surface area is 109 Å². The topological polar surface area (TPSA) is 92.5 Å². The zero-order chi connectivity index (χ0) is 13.7. The van der Waals surface area contributed by atoms with Crippen molar-refractivity contribution in [3.8, 4) is 0 Å². The first-order valence-corrected chi connectivity index (χ1v) is 5.70. The molecule has 0 radical (unpaired) electrons. The first-order chi connectivity index (χ1) is 8.41. The van der Waals surface area contributed by atoms with Crippen LogP contribution in [0.5, 0.6) is 0 Å². The first kappa shape index (κ1) is 14.4. The first-order valence-electron chi connectivity index (χ1n) is 5.32. The maximum absolute atomic E-state index is 11.6. The number of hydrogen-bond acceptors (Lipinski definition) is 4. The molecule has 18 heavy (non-hydrogen) atoms. The molecule has 1 unspecified atom stereocenters. The van der Waals surface area contributed by atoms with Gasteiger partial charge in [0, 0.05) is 18.2 Å². The summed E-state index contributed by atoms with van der Waals surface area (Å²) in [5, 5.41) is 22.1. The number of halogens is 1. The van der Waals surface area contributed by atoms with E-state index in [-0.39, 0.29) is 22.2 Å². The van der Waals surface area contributed by atoms with Gasteiger partial charge in [-0.2, -0.15) is 0 Å². The minimum atomic E-state index is -0.614. The number of amides is 1. The summed E-state index contributed by atoms with van der Waals surface area (Å²) in [7, 11) is 0. The van der Waals surface area contributed by atoms with Gasteiger partial charge in [0.25, 0.3) is 11.6 Å². The van der Waals surface area contributed by atoms with Crippen molar-refractivity contribution < 1.29 is 14.8 Å². The fourth-order valence-corrected chi connectivity index (χ4v) is 1.54. The molecule has 1 aromatic rings. The zero-order valence-electron chi connectivity index (χ0n) is 9.72. The third-order valence-electron chi connectivity index (χ3n) is 2.25. The number of hydrogen-bond donors (Lipinski definition) is 2. The lowest BCUT2D eigenvalue weighted by Crippen LogP contribution is -2.26.